The lowest BCUT2D eigenvalue weighted by atomic mass is 10.1. The predicted octanol–water partition coefficient (Wildman–Crippen LogP) is 1.30. The smallest absolute Gasteiger partial charge is 0.180 e. The van der Waals surface area contributed by atoms with E-state index < -0.39 is 0 Å². The molecule has 1 rings (SSSR count). The summed E-state index contributed by atoms with van der Waals surface area (Å²) in [5.41, 5.74) is 5.38. The van der Waals surface area contributed by atoms with Crippen LogP contribution in [0.4, 0.5) is 0 Å². The molecular weight excluding hydrogens is 250 g/mol. The molecule has 0 amide bonds. The molecule has 0 bridgehead atoms. The number of phenolic OH excluding ortho intramolecular Hbond substituents is 1. The molecule has 0 radical (unpaired) electrons. The van der Waals surface area contributed by atoms with Gasteiger partial charge in [0, 0.05) is 6.07 Å². The summed E-state index contributed by atoms with van der Waals surface area (Å²) >= 11 is 3.21. The van der Waals surface area contributed by atoms with Crippen LogP contribution in [0, 0.1) is 0 Å². The minimum Gasteiger partial charge on any atom is -0.507 e. The number of phenols is 1. The Kier molecular flexibility index (Phi) is 3.49. The molecule has 3 N–H and O–H groups in total. The minimum absolute atomic E-state index is 0.125. The number of hydrogen-bond donors (Lipinski definition) is 2. The zero-order valence-corrected chi connectivity index (χ0v) is 9.17. The van der Waals surface area contributed by atoms with Crippen molar-refractivity contribution in [2.45, 2.75) is 0 Å². The Morgan fingerprint density at radius 3 is 2.79 bits per heavy atom. The SMILES string of the molecule is COc1cc(O)c(C(=O)CN)cc1Br. The number of halogens is 1. The minimum atomic E-state index is -0.314. The van der Waals surface area contributed by atoms with E-state index in [1.807, 2.05) is 0 Å². The number of methoxy groups -OCH3 is 1. The van der Waals surface area contributed by atoms with Gasteiger partial charge >= 0.3 is 0 Å². The van der Waals surface area contributed by atoms with E-state index in [4.69, 9.17) is 10.5 Å². The van der Waals surface area contributed by atoms with Crippen molar-refractivity contribution >= 4 is 21.7 Å². The molecule has 0 unspecified atom stereocenters. The summed E-state index contributed by atoms with van der Waals surface area (Å²) in [7, 11) is 1.48. The van der Waals surface area contributed by atoms with Crippen LogP contribution in [0.5, 0.6) is 11.5 Å². The Hall–Kier alpha value is -1.07. The van der Waals surface area contributed by atoms with E-state index in [9.17, 15) is 9.90 Å². The maximum Gasteiger partial charge on any atom is 0.180 e. The van der Waals surface area contributed by atoms with Gasteiger partial charge in [-0.1, -0.05) is 0 Å². The molecule has 1 aromatic carbocycles. The Bertz CT molecular complexity index is 365. The van der Waals surface area contributed by atoms with Crippen LogP contribution >= 0.6 is 15.9 Å². The summed E-state index contributed by atoms with van der Waals surface area (Å²) < 4.78 is 5.55. The highest BCUT2D eigenvalue weighted by Gasteiger charge is 2.13. The highest BCUT2D eigenvalue weighted by atomic mass is 79.9. The van der Waals surface area contributed by atoms with Gasteiger partial charge in [-0.15, -0.1) is 0 Å². The second kappa shape index (κ2) is 4.43. The van der Waals surface area contributed by atoms with E-state index in [0.29, 0.717) is 10.2 Å². The molecule has 4 nitrogen and oxygen atoms in total. The lowest BCUT2D eigenvalue weighted by Crippen LogP contribution is -2.13. The van der Waals surface area contributed by atoms with Crippen molar-refractivity contribution in [3.8, 4) is 11.5 Å². The second-order valence-corrected chi connectivity index (χ2v) is 3.49. The second-order valence-electron chi connectivity index (χ2n) is 2.63. The fraction of sp³-hybridized carbons (Fsp3) is 0.222. The summed E-state index contributed by atoms with van der Waals surface area (Å²) in [5.74, 6) is 0.0300. The number of rotatable bonds is 3. The van der Waals surface area contributed by atoms with Crippen LogP contribution in [-0.4, -0.2) is 24.5 Å². The average Bonchev–Trinajstić information content (AvgIpc) is 2.19. The van der Waals surface area contributed by atoms with Crippen LogP contribution in [0.25, 0.3) is 0 Å². The van der Waals surface area contributed by atoms with Gasteiger partial charge in [0.25, 0.3) is 0 Å². The third-order valence-electron chi connectivity index (χ3n) is 1.76. The van der Waals surface area contributed by atoms with Crippen LogP contribution in [0.15, 0.2) is 16.6 Å². The standard InChI is InChI=1S/C9H10BrNO3/c1-14-9-3-7(12)5(2-6(9)10)8(13)4-11/h2-3,12H,4,11H2,1H3. The molecule has 14 heavy (non-hydrogen) atoms. The number of nitrogens with two attached hydrogens (primary N) is 1. The zero-order valence-electron chi connectivity index (χ0n) is 7.58. The van der Waals surface area contributed by atoms with Crippen molar-refractivity contribution in [1.82, 2.24) is 0 Å². The number of hydrogen-bond acceptors (Lipinski definition) is 4. The lowest BCUT2D eigenvalue weighted by Gasteiger charge is -2.07. The molecule has 5 heteroatoms. The first-order valence-electron chi connectivity index (χ1n) is 3.90. The van der Waals surface area contributed by atoms with Gasteiger partial charge in [-0.2, -0.15) is 0 Å². The monoisotopic (exact) mass is 259 g/mol. The van der Waals surface area contributed by atoms with E-state index in [1.165, 1.54) is 19.2 Å². The molecule has 0 aliphatic rings. The molecule has 0 aliphatic carbocycles. The maximum absolute atomic E-state index is 11.2. The molecule has 76 valence electrons. The first-order valence-corrected chi connectivity index (χ1v) is 4.69. The van der Waals surface area contributed by atoms with Gasteiger partial charge in [0.2, 0.25) is 0 Å². The van der Waals surface area contributed by atoms with E-state index >= 15 is 0 Å². The summed E-state index contributed by atoms with van der Waals surface area (Å²) in [5, 5.41) is 9.47. The molecule has 0 saturated heterocycles. The summed E-state index contributed by atoms with van der Waals surface area (Å²) in [6.07, 6.45) is 0. The van der Waals surface area contributed by atoms with Crippen molar-refractivity contribution in [3.05, 3.63) is 22.2 Å². The third-order valence-corrected chi connectivity index (χ3v) is 2.38. The number of Topliss-reactive ketones (excluding diaryl/α,β-unsaturated/α-hetero) is 1. The molecule has 0 aliphatic heterocycles. The number of benzene rings is 1. The molecule has 0 fully saturated rings. The molecule has 0 aromatic heterocycles. The number of ketones is 1. The molecular formula is C9H10BrNO3. The Balaban J connectivity index is 3.21. The molecule has 1 aromatic rings. The molecule has 0 heterocycles. The average molecular weight is 260 g/mol. The summed E-state index contributed by atoms with van der Waals surface area (Å²) in [6.45, 7) is -0.133. The molecule has 0 spiro atoms. The van der Waals surface area contributed by atoms with E-state index in [2.05, 4.69) is 15.9 Å². The van der Waals surface area contributed by atoms with Crippen LogP contribution in [-0.2, 0) is 0 Å². The first-order chi connectivity index (χ1) is 6.60. The number of carbonyl (C=O) groups is 1. The summed E-state index contributed by atoms with van der Waals surface area (Å²) in [6, 6.07) is 2.86. The Morgan fingerprint density at radius 1 is 1.64 bits per heavy atom. The van der Waals surface area contributed by atoms with Crippen molar-refractivity contribution in [2.24, 2.45) is 5.73 Å². The van der Waals surface area contributed by atoms with Crippen molar-refractivity contribution in [1.29, 1.82) is 0 Å². The van der Waals surface area contributed by atoms with Gasteiger partial charge in [0.05, 0.1) is 23.7 Å². The van der Waals surface area contributed by atoms with Crippen molar-refractivity contribution in [3.63, 3.8) is 0 Å². The van der Waals surface area contributed by atoms with Gasteiger partial charge < -0.3 is 15.6 Å². The fourth-order valence-electron chi connectivity index (χ4n) is 1.03. The quantitative estimate of drug-likeness (QED) is 0.803. The molecule has 0 atom stereocenters. The Labute approximate surface area is 89.8 Å². The van der Waals surface area contributed by atoms with Crippen molar-refractivity contribution < 1.29 is 14.6 Å². The predicted molar refractivity (Wildman–Crippen MR) is 55.7 cm³/mol. The lowest BCUT2D eigenvalue weighted by molar-refractivity contribution is 0.0998. The maximum atomic E-state index is 11.2. The van der Waals surface area contributed by atoms with E-state index in [0.717, 1.165) is 0 Å². The largest absolute Gasteiger partial charge is 0.507 e. The van der Waals surface area contributed by atoms with Gasteiger partial charge in [-0.05, 0) is 22.0 Å². The van der Waals surface area contributed by atoms with Crippen molar-refractivity contribution in [2.75, 3.05) is 13.7 Å². The van der Waals surface area contributed by atoms with Gasteiger partial charge in [-0.3, -0.25) is 4.79 Å². The Morgan fingerprint density at radius 2 is 2.29 bits per heavy atom. The normalized spacial score (nSPS) is 9.93. The highest BCUT2D eigenvalue weighted by Crippen LogP contribution is 2.32. The van der Waals surface area contributed by atoms with Crippen LogP contribution < -0.4 is 10.5 Å². The van der Waals surface area contributed by atoms with Gasteiger partial charge in [0.15, 0.2) is 5.78 Å². The number of aromatic hydroxyl groups is 1. The zero-order chi connectivity index (χ0) is 10.7. The molecule has 0 saturated carbocycles. The van der Waals surface area contributed by atoms with E-state index in [1.54, 1.807) is 0 Å². The summed E-state index contributed by atoms with van der Waals surface area (Å²) in [4.78, 5) is 11.2. The van der Waals surface area contributed by atoms with Gasteiger partial charge in [-0.25, -0.2) is 0 Å². The first kappa shape index (κ1) is 11.0. The highest BCUT2D eigenvalue weighted by molar-refractivity contribution is 9.10. The third kappa shape index (κ3) is 2.05. The number of carbonyl (C=O) groups excluding carboxylic acids is 1. The fourth-order valence-corrected chi connectivity index (χ4v) is 1.54. The van der Waals surface area contributed by atoms with Crippen LogP contribution in [0.2, 0.25) is 0 Å². The van der Waals surface area contributed by atoms with Gasteiger partial charge in [0.1, 0.15) is 11.5 Å². The van der Waals surface area contributed by atoms with Crippen LogP contribution in [0.3, 0.4) is 0 Å². The topological polar surface area (TPSA) is 72.5 Å². The van der Waals surface area contributed by atoms with E-state index in [-0.39, 0.29) is 23.6 Å². The van der Waals surface area contributed by atoms with Crippen LogP contribution in [0.1, 0.15) is 10.4 Å². The number of ether oxygens (including phenoxy) is 1.